The third-order valence-electron chi connectivity index (χ3n) is 4.35. The third-order valence-corrected chi connectivity index (χ3v) is 4.35. The highest BCUT2D eigenvalue weighted by Crippen LogP contribution is 2.12. The van der Waals surface area contributed by atoms with Crippen molar-refractivity contribution in [2.75, 3.05) is 52.9 Å². The fourth-order valence-electron chi connectivity index (χ4n) is 2.86. The van der Waals surface area contributed by atoms with E-state index in [0.717, 1.165) is 25.6 Å². The molecule has 0 aromatic heterocycles. The molecule has 27 heavy (non-hydrogen) atoms. The van der Waals surface area contributed by atoms with E-state index in [9.17, 15) is 9.59 Å². The summed E-state index contributed by atoms with van der Waals surface area (Å²) in [5.41, 5.74) is 0.561. The van der Waals surface area contributed by atoms with E-state index in [1.807, 2.05) is 11.8 Å². The molecule has 2 amide bonds. The van der Waals surface area contributed by atoms with Crippen LogP contribution in [0.4, 0.5) is 0 Å². The summed E-state index contributed by atoms with van der Waals surface area (Å²) in [5.74, 6) is 1.43. The summed E-state index contributed by atoms with van der Waals surface area (Å²) in [7, 11) is 1.57. The van der Waals surface area contributed by atoms with Crippen molar-refractivity contribution in [3.05, 3.63) is 29.8 Å². The number of amides is 2. The van der Waals surface area contributed by atoms with Crippen LogP contribution in [0.1, 0.15) is 24.2 Å². The molecule has 2 rings (SSSR count). The number of methoxy groups -OCH3 is 1. The number of ether oxygens (including phenoxy) is 1. The Balaban J connectivity index is 1.84. The molecule has 0 saturated carbocycles. The number of guanidine groups is 1. The molecule has 1 heterocycles. The van der Waals surface area contributed by atoms with Crippen molar-refractivity contribution in [3.8, 4) is 5.75 Å². The van der Waals surface area contributed by atoms with Crippen LogP contribution in [0.5, 0.6) is 5.75 Å². The number of piperazine rings is 1. The van der Waals surface area contributed by atoms with E-state index in [0.29, 0.717) is 37.5 Å². The van der Waals surface area contributed by atoms with Crippen LogP contribution in [0, 0.1) is 0 Å². The van der Waals surface area contributed by atoms with Gasteiger partial charge in [0.2, 0.25) is 5.91 Å². The molecule has 148 valence electrons. The first-order valence-corrected chi connectivity index (χ1v) is 9.26. The number of carbonyl (C=O) groups excluding carboxylic acids is 2. The van der Waals surface area contributed by atoms with E-state index in [2.05, 4.69) is 20.5 Å². The first kappa shape index (κ1) is 20.5. The molecule has 8 nitrogen and oxygen atoms in total. The smallest absolute Gasteiger partial charge is 0.251 e. The largest absolute Gasteiger partial charge is 0.497 e. The van der Waals surface area contributed by atoms with Crippen molar-refractivity contribution in [1.29, 1.82) is 0 Å². The maximum Gasteiger partial charge on any atom is 0.251 e. The van der Waals surface area contributed by atoms with Gasteiger partial charge in [-0.25, -0.2) is 0 Å². The second kappa shape index (κ2) is 10.4. The van der Waals surface area contributed by atoms with Crippen LogP contribution >= 0.6 is 0 Å². The van der Waals surface area contributed by atoms with E-state index in [1.54, 1.807) is 38.3 Å². The SMILES string of the molecule is CCNC(=NCCNC(=O)c1cccc(OC)c1)N1CCN(C(C)=O)CC1. The zero-order valence-corrected chi connectivity index (χ0v) is 16.3. The fourth-order valence-corrected chi connectivity index (χ4v) is 2.86. The van der Waals surface area contributed by atoms with Crippen molar-refractivity contribution in [3.63, 3.8) is 0 Å². The van der Waals surface area contributed by atoms with Gasteiger partial charge < -0.3 is 25.2 Å². The van der Waals surface area contributed by atoms with Gasteiger partial charge in [0.1, 0.15) is 5.75 Å². The van der Waals surface area contributed by atoms with Gasteiger partial charge in [-0.2, -0.15) is 0 Å². The summed E-state index contributed by atoms with van der Waals surface area (Å²) < 4.78 is 5.14. The van der Waals surface area contributed by atoms with Gasteiger partial charge in [-0.1, -0.05) is 6.07 Å². The van der Waals surface area contributed by atoms with Gasteiger partial charge in [-0.05, 0) is 25.1 Å². The van der Waals surface area contributed by atoms with Crippen LogP contribution in [0.3, 0.4) is 0 Å². The van der Waals surface area contributed by atoms with Gasteiger partial charge in [-0.15, -0.1) is 0 Å². The molecule has 1 fully saturated rings. The summed E-state index contributed by atoms with van der Waals surface area (Å²) in [6.45, 7) is 8.21. The Labute approximate surface area is 160 Å². The fraction of sp³-hybridized carbons (Fsp3) is 0.526. The highest BCUT2D eigenvalue weighted by Gasteiger charge is 2.20. The summed E-state index contributed by atoms with van der Waals surface area (Å²) in [5, 5.41) is 6.15. The number of hydrogen-bond donors (Lipinski definition) is 2. The molecule has 1 aliphatic rings. The lowest BCUT2D eigenvalue weighted by Gasteiger charge is -2.36. The lowest BCUT2D eigenvalue weighted by molar-refractivity contribution is -0.130. The standard InChI is InChI=1S/C19H29N5O3/c1-4-20-19(24-12-10-23(11-13-24)15(2)25)22-9-8-21-18(26)16-6-5-7-17(14-16)27-3/h5-7,14H,4,8-13H2,1-3H3,(H,20,22)(H,21,26). The van der Waals surface area contributed by atoms with E-state index in [-0.39, 0.29) is 11.8 Å². The average molecular weight is 375 g/mol. The Morgan fingerprint density at radius 2 is 1.85 bits per heavy atom. The third kappa shape index (κ3) is 6.16. The minimum absolute atomic E-state index is 0.108. The Kier molecular flexibility index (Phi) is 7.91. The van der Waals surface area contributed by atoms with Crippen LogP contribution < -0.4 is 15.4 Å². The molecule has 0 spiro atoms. The monoisotopic (exact) mass is 375 g/mol. The topological polar surface area (TPSA) is 86.3 Å². The number of rotatable bonds is 6. The molecule has 0 atom stereocenters. The van der Waals surface area contributed by atoms with Crippen molar-refractivity contribution >= 4 is 17.8 Å². The van der Waals surface area contributed by atoms with Gasteiger partial charge in [0.25, 0.3) is 5.91 Å². The van der Waals surface area contributed by atoms with E-state index in [1.165, 1.54) is 0 Å². The molecule has 1 saturated heterocycles. The predicted molar refractivity (Wildman–Crippen MR) is 105 cm³/mol. The summed E-state index contributed by atoms with van der Waals surface area (Å²) in [4.78, 5) is 32.2. The highest BCUT2D eigenvalue weighted by molar-refractivity contribution is 5.94. The van der Waals surface area contributed by atoms with Crippen LogP contribution in [0.2, 0.25) is 0 Å². The molecule has 0 bridgehead atoms. The van der Waals surface area contributed by atoms with Crippen molar-refractivity contribution < 1.29 is 14.3 Å². The number of carbonyl (C=O) groups is 2. The Bertz CT molecular complexity index is 669. The lowest BCUT2D eigenvalue weighted by Crippen LogP contribution is -2.53. The summed E-state index contributed by atoms with van der Waals surface area (Å²) >= 11 is 0. The lowest BCUT2D eigenvalue weighted by atomic mass is 10.2. The average Bonchev–Trinajstić information content (AvgIpc) is 2.70. The zero-order valence-electron chi connectivity index (χ0n) is 16.3. The van der Waals surface area contributed by atoms with Gasteiger partial charge in [0.15, 0.2) is 5.96 Å². The van der Waals surface area contributed by atoms with Crippen LogP contribution in [-0.2, 0) is 4.79 Å². The maximum absolute atomic E-state index is 12.2. The quantitative estimate of drug-likeness (QED) is 0.431. The van der Waals surface area contributed by atoms with Gasteiger partial charge in [-0.3, -0.25) is 14.6 Å². The van der Waals surface area contributed by atoms with Crippen LogP contribution in [0.15, 0.2) is 29.3 Å². The number of aliphatic imine (C=N–C) groups is 1. The molecule has 0 unspecified atom stereocenters. The van der Waals surface area contributed by atoms with Crippen molar-refractivity contribution in [2.24, 2.45) is 4.99 Å². The van der Waals surface area contributed by atoms with E-state index >= 15 is 0 Å². The minimum Gasteiger partial charge on any atom is -0.497 e. The Morgan fingerprint density at radius 1 is 1.15 bits per heavy atom. The zero-order chi connectivity index (χ0) is 19.6. The first-order valence-electron chi connectivity index (χ1n) is 9.26. The Morgan fingerprint density at radius 3 is 2.48 bits per heavy atom. The molecule has 0 aliphatic carbocycles. The highest BCUT2D eigenvalue weighted by atomic mass is 16.5. The molecule has 1 aromatic carbocycles. The Hall–Kier alpha value is -2.77. The summed E-state index contributed by atoms with van der Waals surface area (Å²) in [6, 6.07) is 7.04. The molecule has 0 radical (unpaired) electrons. The minimum atomic E-state index is -0.149. The first-order chi connectivity index (χ1) is 13.0. The van der Waals surface area contributed by atoms with Crippen molar-refractivity contribution in [1.82, 2.24) is 20.4 Å². The molecule has 2 N–H and O–H groups in total. The molecule has 1 aliphatic heterocycles. The molecular weight excluding hydrogens is 346 g/mol. The molecular formula is C19H29N5O3. The second-order valence-corrected chi connectivity index (χ2v) is 6.22. The maximum atomic E-state index is 12.2. The molecule has 1 aromatic rings. The van der Waals surface area contributed by atoms with Gasteiger partial charge >= 0.3 is 0 Å². The molecule has 8 heteroatoms. The number of nitrogens with zero attached hydrogens (tertiary/aromatic N) is 3. The van der Waals surface area contributed by atoms with Gasteiger partial charge in [0, 0.05) is 51.8 Å². The second-order valence-electron chi connectivity index (χ2n) is 6.22. The normalized spacial score (nSPS) is 14.7. The number of benzene rings is 1. The van der Waals surface area contributed by atoms with Crippen LogP contribution in [0.25, 0.3) is 0 Å². The summed E-state index contributed by atoms with van der Waals surface area (Å²) in [6.07, 6.45) is 0. The van der Waals surface area contributed by atoms with E-state index in [4.69, 9.17) is 4.74 Å². The van der Waals surface area contributed by atoms with Crippen LogP contribution in [-0.4, -0.2) is 80.5 Å². The number of nitrogens with one attached hydrogen (secondary N) is 2. The van der Waals surface area contributed by atoms with Crippen molar-refractivity contribution in [2.45, 2.75) is 13.8 Å². The van der Waals surface area contributed by atoms with Gasteiger partial charge in [0.05, 0.1) is 13.7 Å². The number of hydrogen-bond acceptors (Lipinski definition) is 4. The predicted octanol–water partition coefficient (Wildman–Crippen LogP) is 0.555. The van der Waals surface area contributed by atoms with E-state index < -0.39 is 0 Å².